The molecule has 3 rings (SSSR count). The highest BCUT2D eigenvalue weighted by atomic mass is 32.2. The van der Waals surface area contributed by atoms with Crippen LogP contribution in [0.2, 0.25) is 0 Å². The third-order valence-corrected chi connectivity index (χ3v) is 5.04. The van der Waals surface area contributed by atoms with Crippen molar-refractivity contribution in [3.63, 3.8) is 0 Å². The molecular formula is C16H17N3O2S. The van der Waals surface area contributed by atoms with E-state index in [9.17, 15) is 8.42 Å². The number of hydrogen-bond donors (Lipinski definition) is 2. The number of hydrogen-bond acceptors (Lipinski definition) is 3. The topological polar surface area (TPSA) is 74.8 Å². The normalized spacial score (nSPS) is 13.4. The van der Waals surface area contributed by atoms with Crippen LogP contribution >= 0.6 is 0 Å². The Labute approximate surface area is 129 Å². The summed E-state index contributed by atoms with van der Waals surface area (Å²) in [5.74, 6) is 0.594. The Morgan fingerprint density at radius 3 is 2.45 bits per heavy atom. The van der Waals surface area contributed by atoms with E-state index in [1.54, 1.807) is 31.2 Å². The van der Waals surface area contributed by atoms with Crippen molar-refractivity contribution in [1.82, 2.24) is 14.7 Å². The molecule has 1 heterocycles. The van der Waals surface area contributed by atoms with E-state index in [4.69, 9.17) is 0 Å². The first-order chi connectivity index (χ1) is 10.5. The van der Waals surface area contributed by atoms with Gasteiger partial charge >= 0.3 is 0 Å². The van der Waals surface area contributed by atoms with Crippen LogP contribution in [0.4, 0.5) is 0 Å². The summed E-state index contributed by atoms with van der Waals surface area (Å²) in [5, 5.41) is 0. The Morgan fingerprint density at radius 1 is 1.09 bits per heavy atom. The highest BCUT2D eigenvalue weighted by molar-refractivity contribution is 7.89. The molecule has 0 aliphatic carbocycles. The second-order valence-electron chi connectivity index (χ2n) is 5.30. The highest BCUT2D eigenvalue weighted by Gasteiger charge is 2.20. The van der Waals surface area contributed by atoms with Gasteiger partial charge in [-0.3, -0.25) is 0 Å². The molecule has 0 saturated heterocycles. The van der Waals surface area contributed by atoms with E-state index in [1.807, 2.05) is 31.2 Å². The molecule has 114 valence electrons. The minimum atomic E-state index is -3.57. The fourth-order valence-electron chi connectivity index (χ4n) is 2.25. The van der Waals surface area contributed by atoms with Gasteiger partial charge in [0.25, 0.3) is 0 Å². The number of aromatic amines is 1. The molecule has 2 N–H and O–H groups in total. The number of para-hydroxylation sites is 2. The van der Waals surface area contributed by atoms with Crippen molar-refractivity contribution >= 4 is 21.1 Å². The largest absolute Gasteiger partial charge is 0.341 e. The molecule has 2 aromatic carbocycles. The first-order valence-corrected chi connectivity index (χ1v) is 8.48. The van der Waals surface area contributed by atoms with Crippen LogP contribution in [0.15, 0.2) is 53.4 Å². The van der Waals surface area contributed by atoms with Gasteiger partial charge in [-0.1, -0.05) is 29.8 Å². The van der Waals surface area contributed by atoms with Crippen LogP contribution in [-0.2, 0) is 10.0 Å². The van der Waals surface area contributed by atoms with Crippen LogP contribution in [0.5, 0.6) is 0 Å². The van der Waals surface area contributed by atoms with E-state index in [-0.39, 0.29) is 4.90 Å². The molecular weight excluding hydrogens is 298 g/mol. The standard InChI is InChI=1S/C16H17N3O2S/c1-11-7-9-13(10-8-11)22(20,21)19-12(2)16-17-14-5-3-4-6-15(14)18-16/h3-10,12,19H,1-2H3,(H,17,18). The maximum atomic E-state index is 12.4. The fraction of sp³-hybridized carbons (Fsp3) is 0.188. The summed E-state index contributed by atoms with van der Waals surface area (Å²) in [6, 6.07) is 13.9. The van der Waals surface area contributed by atoms with E-state index in [1.165, 1.54) is 0 Å². The minimum absolute atomic E-state index is 0.251. The average Bonchev–Trinajstić information content (AvgIpc) is 2.91. The quantitative estimate of drug-likeness (QED) is 0.777. The molecule has 0 amide bonds. The molecule has 0 saturated carbocycles. The number of aromatic nitrogens is 2. The predicted octanol–water partition coefficient (Wildman–Crippen LogP) is 2.91. The van der Waals surface area contributed by atoms with Gasteiger partial charge < -0.3 is 4.98 Å². The van der Waals surface area contributed by atoms with Gasteiger partial charge in [-0.15, -0.1) is 0 Å². The number of nitrogens with zero attached hydrogens (tertiary/aromatic N) is 1. The van der Waals surface area contributed by atoms with E-state index >= 15 is 0 Å². The Morgan fingerprint density at radius 2 is 1.77 bits per heavy atom. The number of rotatable bonds is 4. The average molecular weight is 315 g/mol. The SMILES string of the molecule is Cc1ccc(S(=O)(=O)NC(C)c2nc3ccccc3[nH]2)cc1. The Kier molecular flexibility index (Phi) is 3.72. The molecule has 0 aliphatic rings. The molecule has 1 aromatic heterocycles. The lowest BCUT2D eigenvalue weighted by molar-refractivity contribution is 0.561. The monoisotopic (exact) mass is 315 g/mol. The summed E-state index contributed by atoms with van der Waals surface area (Å²) in [7, 11) is -3.57. The van der Waals surface area contributed by atoms with Crippen molar-refractivity contribution in [1.29, 1.82) is 0 Å². The van der Waals surface area contributed by atoms with Gasteiger partial charge in [-0.25, -0.2) is 18.1 Å². The van der Waals surface area contributed by atoms with Gasteiger partial charge in [0.15, 0.2) is 0 Å². The van der Waals surface area contributed by atoms with Crippen molar-refractivity contribution in [2.75, 3.05) is 0 Å². The smallest absolute Gasteiger partial charge is 0.241 e. The Balaban J connectivity index is 1.86. The molecule has 0 aliphatic heterocycles. The Hall–Kier alpha value is -2.18. The van der Waals surface area contributed by atoms with Crippen molar-refractivity contribution in [2.24, 2.45) is 0 Å². The lowest BCUT2D eigenvalue weighted by atomic mass is 10.2. The molecule has 0 fully saturated rings. The highest BCUT2D eigenvalue weighted by Crippen LogP contribution is 2.18. The van der Waals surface area contributed by atoms with Gasteiger partial charge in [0.1, 0.15) is 5.82 Å². The van der Waals surface area contributed by atoms with Gasteiger partial charge in [-0.05, 0) is 38.1 Å². The molecule has 0 bridgehead atoms. The zero-order chi connectivity index (χ0) is 15.7. The fourth-order valence-corrected chi connectivity index (χ4v) is 3.46. The van der Waals surface area contributed by atoms with E-state index in [0.29, 0.717) is 5.82 Å². The maximum absolute atomic E-state index is 12.4. The number of aryl methyl sites for hydroxylation is 1. The number of benzene rings is 2. The minimum Gasteiger partial charge on any atom is -0.341 e. The lowest BCUT2D eigenvalue weighted by Gasteiger charge is -2.12. The number of H-pyrrole nitrogens is 1. The lowest BCUT2D eigenvalue weighted by Crippen LogP contribution is -2.27. The summed E-state index contributed by atoms with van der Waals surface area (Å²) < 4.78 is 27.4. The molecule has 22 heavy (non-hydrogen) atoms. The van der Waals surface area contributed by atoms with E-state index in [0.717, 1.165) is 16.6 Å². The van der Waals surface area contributed by atoms with Crippen LogP contribution in [0, 0.1) is 6.92 Å². The summed E-state index contributed by atoms with van der Waals surface area (Å²) in [6.07, 6.45) is 0. The van der Waals surface area contributed by atoms with Crippen LogP contribution in [0.1, 0.15) is 24.4 Å². The first kappa shape index (κ1) is 14.7. The van der Waals surface area contributed by atoms with Gasteiger partial charge in [0.05, 0.1) is 22.0 Å². The van der Waals surface area contributed by atoms with Crippen molar-refractivity contribution < 1.29 is 8.42 Å². The Bertz CT molecular complexity index is 866. The molecule has 5 nitrogen and oxygen atoms in total. The number of nitrogens with one attached hydrogen (secondary N) is 2. The summed E-state index contributed by atoms with van der Waals surface area (Å²) in [4.78, 5) is 7.81. The predicted molar refractivity (Wildman–Crippen MR) is 86.0 cm³/mol. The van der Waals surface area contributed by atoms with Gasteiger partial charge in [0.2, 0.25) is 10.0 Å². The third kappa shape index (κ3) is 2.88. The number of imidazole rings is 1. The van der Waals surface area contributed by atoms with Gasteiger partial charge in [-0.2, -0.15) is 0 Å². The van der Waals surface area contributed by atoms with Crippen LogP contribution < -0.4 is 4.72 Å². The molecule has 0 radical (unpaired) electrons. The van der Waals surface area contributed by atoms with Crippen molar-refractivity contribution in [3.05, 3.63) is 59.9 Å². The van der Waals surface area contributed by atoms with E-state index in [2.05, 4.69) is 14.7 Å². The van der Waals surface area contributed by atoms with E-state index < -0.39 is 16.1 Å². The summed E-state index contributed by atoms with van der Waals surface area (Å²) >= 11 is 0. The first-order valence-electron chi connectivity index (χ1n) is 6.99. The third-order valence-electron chi connectivity index (χ3n) is 3.48. The zero-order valence-corrected chi connectivity index (χ0v) is 13.2. The number of fused-ring (bicyclic) bond motifs is 1. The van der Waals surface area contributed by atoms with Crippen LogP contribution in [0.25, 0.3) is 11.0 Å². The molecule has 1 unspecified atom stereocenters. The van der Waals surface area contributed by atoms with Crippen molar-refractivity contribution in [3.8, 4) is 0 Å². The molecule has 0 spiro atoms. The second kappa shape index (κ2) is 5.55. The summed E-state index contributed by atoms with van der Waals surface area (Å²) in [6.45, 7) is 3.68. The second-order valence-corrected chi connectivity index (χ2v) is 7.01. The molecule has 3 aromatic rings. The summed E-state index contributed by atoms with van der Waals surface area (Å²) in [5.41, 5.74) is 2.72. The maximum Gasteiger partial charge on any atom is 0.241 e. The molecule has 6 heteroatoms. The van der Waals surface area contributed by atoms with Gasteiger partial charge in [0, 0.05) is 0 Å². The van der Waals surface area contributed by atoms with Crippen LogP contribution in [-0.4, -0.2) is 18.4 Å². The molecule has 1 atom stereocenters. The van der Waals surface area contributed by atoms with Crippen LogP contribution in [0.3, 0.4) is 0 Å². The van der Waals surface area contributed by atoms with Crippen molar-refractivity contribution in [2.45, 2.75) is 24.8 Å². The number of sulfonamides is 1. The zero-order valence-electron chi connectivity index (χ0n) is 12.4.